The molecule has 32 heavy (non-hydrogen) atoms. The Hall–Kier alpha value is -3.56. The highest BCUT2D eigenvalue weighted by atomic mass is 16.6. The van der Waals surface area contributed by atoms with Crippen molar-refractivity contribution < 1.29 is 14.3 Å². The lowest BCUT2D eigenvalue weighted by Gasteiger charge is -2.33. The molecule has 3 aromatic rings. The van der Waals surface area contributed by atoms with Crippen LogP contribution in [0.3, 0.4) is 0 Å². The van der Waals surface area contributed by atoms with E-state index in [1.54, 1.807) is 18.1 Å². The Morgan fingerprint density at radius 1 is 1.16 bits per heavy atom. The van der Waals surface area contributed by atoms with Crippen LogP contribution in [0.15, 0.2) is 24.5 Å². The van der Waals surface area contributed by atoms with E-state index in [0.717, 1.165) is 18.4 Å². The first kappa shape index (κ1) is 21.7. The van der Waals surface area contributed by atoms with Crippen molar-refractivity contribution in [1.29, 1.82) is 0 Å². The molecule has 1 aliphatic rings. The number of carbonyl (C=O) groups is 1. The second kappa shape index (κ2) is 8.18. The summed E-state index contributed by atoms with van der Waals surface area (Å²) in [5, 5.41) is 5.57. The third-order valence-corrected chi connectivity index (χ3v) is 5.49. The Bertz CT molecular complexity index is 1140. The van der Waals surface area contributed by atoms with Gasteiger partial charge in [-0.3, -0.25) is 0 Å². The van der Waals surface area contributed by atoms with Gasteiger partial charge in [0.2, 0.25) is 0 Å². The highest BCUT2D eigenvalue weighted by Crippen LogP contribution is 2.36. The molecule has 10 nitrogen and oxygen atoms in total. The molecule has 0 saturated carbocycles. The van der Waals surface area contributed by atoms with Crippen LogP contribution in [0.2, 0.25) is 0 Å². The normalized spacial score (nSPS) is 15.2. The van der Waals surface area contributed by atoms with Gasteiger partial charge in [0.25, 0.3) is 0 Å². The van der Waals surface area contributed by atoms with Crippen LogP contribution in [-0.2, 0) is 4.74 Å². The number of nitrogen functional groups attached to an aromatic ring is 2. The summed E-state index contributed by atoms with van der Waals surface area (Å²) in [6, 6.07) is 5.55. The molecular weight excluding hydrogens is 410 g/mol. The quantitative estimate of drug-likeness (QED) is 0.594. The van der Waals surface area contributed by atoms with E-state index in [1.807, 2.05) is 37.6 Å². The molecule has 0 atom stereocenters. The third-order valence-electron chi connectivity index (χ3n) is 5.49. The van der Waals surface area contributed by atoms with Gasteiger partial charge in [-0.05, 0) is 45.7 Å². The molecule has 4 N–H and O–H groups in total. The van der Waals surface area contributed by atoms with Crippen molar-refractivity contribution in [3.63, 3.8) is 0 Å². The summed E-state index contributed by atoms with van der Waals surface area (Å²) >= 11 is 0. The summed E-state index contributed by atoms with van der Waals surface area (Å²) in [4.78, 5) is 22.8. The van der Waals surface area contributed by atoms with E-state index in [9.17, 15) is 4.79 Å². The SMILES string of the molecule is COc1cc(-c2nn(C3CCN(C(=O)OC(C)(C)C)CC3)c3ncnc(N)c23)ccc1N. The molecule has 1 aromatic carbocycles. The third kappa shape index (κ3) is 4.12. The number of fused-ring (bicyclic) bond motifs is 1. The van der Waals surface area contributed by atoms with Crippen LogP contribution < -0.4 is 16.2 Å². The molecule has 4 rings (SSSR count). The molecule has 1 amide bonds. The summed E-state index contributed by atoms with van der Waals surface area (Å²) in [6.07, 6.45) is 2.61. The van der Waals surface area contributed by atoms with Gasteiger partial charge >= 0.3 is 6.09 Å². The first-order chi connectivity index (χ1) is 15.2. The van der Waals surface area contributed by atoms with Gasteiger partial charge < -0.3 is 25.8 Å². The van der Waals surface area contributed by atoms with Gasteiger partial charge in [0.05, 0.1) is 24.2 Å². The van der Waals surface area contributed by atoms with Crippen molar-refractivity contribution in [2.75, 3.05) is 31.7 Å². The molecule has 3 heterocycles. The van der Waals surface area contributed by atoms with Gasteiger partial charge in [-0.1, -0.05) is 6.07 Å². The molecular formula is C22H29N7O3. The number of ether oxygens (including phenoxy) is 2. The van der Waals surface area contributed by atoms with E-state index < -0.39 is 5.60 Å². The summed E-state index contributed by atoms with van der Waals surface area (Å²) in [6.45, 7) is 6.75. The van der Waals surface area contributed by atoms with E-state index in [0.29, 0.717) is 47.1 Å². The van der Waals surface area contributed by atoms with E-state index in [1.165, 1.54) is 6.33 Å². The number of amides is 1. The fourth-order valence-electron chi connectivity index (χ4n) is 3.93. The summed E-state index contributed by atoms with van der Waals surface area (Å²) in [7, 11) is 1.57. The van der Waals surface area contributed by atoms with E-state index in [4.69, 9.17) is 26.0 Å². The Morgan fingerprint density at radius 3 is 2.53 bits per heavy atom. The van der Waals surface area contributed by atoms with Gasteiger partial charge in [-0.25, -0.2) is 19.4 Å². The zero-order valence-electron chi connectivity index (χ0n) is 18.8. The average molecular weight is 440 g/mol. The van der Waals surface area contributed by atoms with Crippen molar-refractivity contribution in [3.8, 4) is 17.0 Å². The smallest absolute Gasteiger partial charge is 0.410 e. The lowest BCUT2D eigenvalue weighted by atomic mass is 10.1. The van der Waals surface area contributed by atoms with Gasteiger partial charge in [-0.15, -0.1) is 0 Å². The molecule has 1 fully saturated rings. The van der Waals surface area contributed by atoms with Crippen LogP contribution in [0.1, 0.15) is 39.7 Å². The number of methoxy groups -OCH3 is 1. The van der Waals surface area contributed by atoms with Crippen LogP contribution in [0.25, 0.3) is 22.3 Å². The number of nitrogens with two attached hydrogens (primary N) is 2. The molecule has 170 valence electrons. The lowest BCUT2D eigenvalue weighted by molar-refractivity contribution is 0.0186. The minimum atomic E-state index is -0.518. The topological polar surface area (TPSA) is 134 Å². The summed E-state index contributed by atoms with van der Waals surface area (Å²) < 4.78 is 12.8. The maximum Gasteiger partial charge on any atom is 0.410 e. The second-order valence-electron chi connectivity index (χ2n) is 8.91. The first-order valence-corrected chi connectivity index (χ1v) is 10.6. The molecule has 0 aliphatic carbocycles. The predicted molar refractivity (Wildman–Crippen MR) is 122 cm³/mol. The Balaban J connectivity index is 1.65. The van der Waals surface area contributed by atoms with Crippen molar-refractivity contribution in [2.24, 2.45) is 0 Å². The van der Waals surface area contributed by atoms with Crippen LogP contribution in [-0.4, -0.2) is 56.5 Å². The minimum absolute atomic E-state index is 0.0647. The van der Waals surface area contributed by atoms with Gasteiger partial charge in [0, 0.05) is 18.7 Å². The molecule has 0 unspecified atom stereocenters. The van der Waals surface area contributed by atoms with E-state index in [2.05, 4.69) is 9.97 Å². The largest absolute Gasteiger partial charge is 0.495 e. The molecule has 0 radical (unpaired) electrons. The monoisotopic (exact) mass is 439 g/mol. The molecule has 10 heteroatoms. The zero-order valence-corrected chi connectivity index (χ0v) is 18.8. The minimum Gasteiger partial charge on any atom is -0.495 e. The number of benzene rings is 1. The fraction of sp³-hybridized carbons (Fsp3) is 0.455. The van der Waals surface area contributed by atoms with Crippen molar-refractivity contribution in [3.05, 3.63) is 24.5 Å². The molecule has 0 spiro atoms. The second-order valence-corrected chi connectivity index (χ2v) is 8.91. The number of hydrogen-bond donors (Lipinski definition) is 2. The molecule has 1 saturated heterocycles. The maximum absolute atomic E-state index is 12.4. The number of rotatable bonds is 3. The van der Waals surface area contributed by atoms with E-state index >= 15 is 0 Å². The summed E-state index contributed by atoms with van der Waals surface area (Å²) in [5.41, 5.74) is 14.4. The Kier molecular flexibility index (Phi) is 5.53. The number of carbonyl (C=O) groups excluding carboxylic acids is 1. The molecule has 0 bridgehead atoms. The zero-order chi connectivity index (χ0) is 23.0. The van der Waals surface area contributed by atoms with Gasteiger partial charge in [-0.2, -0.15) is 5.10 Å². The highest BCUT2D eigenvalue weighted by Gasteiger charge is 2.30. The first-order valence-electron chi connectivity index (χ1n) is 10.6. The van der Waals surface area contributed by atoms with Crippen LogP contribution >= 0.6 is 0 Å². The molecule has 2 aromatic heterocycles. The maximum atomic E-state index is 12.4. The fourth-order valence-corrected chi connectivity index (χ4v) is 3.93. The van der Waals surface area contributed by atoms with Crippen LogP contribution in [0.5, 0.6) is 5.75 Å². The van der Waals surface area contributed by atoms with Crippen molar-refractivity contribution >= 4 is 28.6 Å². The van der Waals surface area contributed by atoms with Crippen molar-refractivity contribution in [1.82, 2.24) is 24.6 Å². The number of anilines is 2. The number of piperidine rings is 1. The lowest BCUT2D eigenvalue weighted by Crippen LogP contribution is -2.42. The Labute approximate surface area is 186 Å². The number of likely N-dealkylation sites (tertiary alicyclic amines) is 1. The van der Waals surface area contributed by atoms with Crippen molar-refractivity contribution in [2.45, 2.75) is 45.3 Å². The predicted octanol–water partition coefficient (Wildman–Crippen LogP) is 3.24. The van der Waals surface area contributed by atoms with Crippen LogP contribution in [0, 0.1) is 0 Å². The molecule has 1 aliphatic heterocycles. The van der Waals surface area contributed by atoms with Gasteiger partial charge in [0.15, 0.2) is 5.65 Å². The van der Waals surface area contributed by atoms with E-state index in [-0.39, 0.29) is 12.1 Å². The Morgan fingerprint density at radius 2 is 1.88 bits per heavy atom. The average Bonchev–Trinajstić information content (AvgIpc) is 3.14. The standard InChI is InChI=1S/C22H29N7O3/c1-22(2,3)32-21(30)28-9-7-14(8-10-28)29-20-17(19(24)25-12-26-20)18(27-29)13-5-6-15(23)16(11-13)31-4/h5-6,11-12,14H,7-10,23H2,1-4H3,(H2,24,25,26). The number of aromatic nitrogens is 4. The summed E-state index contributed by atoms with van der Waals surface area (Å²) in [5.74, 6) is 0.921. The number of hydrogen-bond acceptors (Lipinski definition) is 8. The highest BCUT2D eigenvalue weighted by molar-refractivity contribution is 5.98. The van der Waals surface area contributed by atoms with Gasteiger partial charge in [0.1, 0.15) is 29.2 Å². The number of nitrogens with zero attached hydrogens (tertiary/aromatic N) is 5. The van der Waals surface area contributed by atoms with Crippen LogP contribution in [0.4, 0.5) is 16.3 Å².